The van der Waals surface area contributed by atoms with Crippen LogP contribution in [0.25, 0.3) is 21.9 Å². The summed E-state index contributed by atoms with van der Waals surface area (Å²) in [4.78, 5) is 9.11. The second-order valence-corrected chi connectivity index (χ2v) is 7.12. The Hall–Kier alpha value is -0.860. The molecule has 0 aromatic carbocycles. The van der Waals surface area contributed by atoms with Gasteiger partial charge in [0.05, 0.1) is 11.7 Å². The van der Waals surface area contributed by atoms with Gasteiger partial charge in [-0.25, -0.2) is 4.98 Å². The fourth-order valence-electron chi connectivity index (χ4n) is 3.25. The maximum Gasteiger partial charge on any atom is 0.151 e. The second kappa shape index (κ2) is 5.73. The quantitative estimate of drug-likeness (QED) is 0.651. The van der Waals surface area contributed by atoms with Crippen LogP contribution in [-0.4, -0.2) is 27.0 Å². The first-order valence-electron chi connectivity index (χ1n) is 7.13. The largest absolute Gasteiger partial charge is 0.316 e. The third-order valence-corrected chi connectivity index (χ3v) is 5.94. The zero-order valence-electron chi connectivity index (χ0n) is 11.4. The molecule has 0 bridgehead atoms. The molecular formula is C15H15IN4S. The van der Waals surface area contributed by atoms with Crippen LogP contribution in [0.5, 0.6) is 0 Å². The maximum atomic E-state index is 4.59. The minimum absolute atomic E-state index is 0.574. The Morgan fingerprint density at radius 3 is 3.10 bits per heavy atom. The first-order valence-corrected chi connectivity index (χ1v) is 10.4. The molecule has 4 heterocycles. The van der Waals surface area contributed by atoms with Crippen LogP contribution in [-0.2, 0) is 0 Å². The van der Waals surface area contributed by atoms with Gasteiger partial charge in [-0.15, -0.1) is 0 Å². The van der Waals surface area contributed by atoms with Gasteiger partial charge in [-0.1, -0.05) is 0 Å². The third kappa shape index (κ3) is 2.33. The highest BCUT2D eigenvalue weighted by Crippen LogP contribution is 2.34. The number of hydrogen-bond acceptors (Lipinski definition) is 4. The molecule has 1 aliphatic rings. The molecule has 0 radical (unpaired) electrons. The maximum absolute atomic E-state index is 4.59. The van der Waals surface area contributed by atoms with E-state index in [4.69, 9.17) is 0 Å². The van der Waals surface area contributed by atoms with Gasteiger partial charge in [0.15, 0.2) is 5.65 Å². The molecule has 1 fully saturated rings. The summed E-state index contributed by atoms with van der Waals surface area (Å²) < 4.78 is 2.10. The predicted octanol–water partition coefficient (Wildman–Crippen LogP) is 3.90. The van der Waals surface area contributed by atoms with Crippen LogP contribution in [0.1, 0.15) is 24.3 Å². The van der Waals surface area contributed by atoms with Gasteiger partial charge in [-0.05, 0) is 43.0 Å². The lowest BCUT2D eigenvalue weighted by Gasteiger charge is -2.24. The molecule has 1 atom stereocenters. The topological polar surface area (TPSA) is 42.7 Å². The van der Waals surface area contributed by atoms with Crippen LogP contribution in [0.4, 0.5) is 0 Å². The van der Waals surface area contributed by atoms with Crippen LogP contribution in [0.3, 0.4) is 0 Å². The van der Waals surface area contributed by atoms with Crippen molar-refractivity contribution < 1.29 is 0 Å². The van der Waals surface area contributed by atoms with E-state index in [1.165, 1.54) is 29.2 Å². The summed E-state index contributed by atoms with van der Waals surface area (Å²) in [6, 6.07) is 4.35. The van der Waals surface area contributed by atoms with E-state index in [9.17, 15) is 0 Å². The van der Waals surface area contributed by atoms with Crippen molar-refractivity contribution in [1.29, 1.82) is 0 Å². The summed E-state index contributed by atoms with van der Waals surface area (Å²) in [6.07, 6.45) is 8.40. The summed E-state index contributed by atoms with van der Waals surface area (Å²) >= 11 is 2.29. The molecule has 4 rings (SSSR count). The standard InChI is InChI=1S/C15H15IN4S/c16-21-20-7-4-12-14-11(10-2-1-5-17-8-10)3-6-18-13(14)9-19-15(12)20/h3-4,6-7,9-10,17H,1-2,5,8H2. The third-order valence-electron chi connectivity index (χ3n) is 4.23. The lowest BCUT2D eigenvalue weighted by molar-refractivity contribution is 0.463. The molecule has 3 aromatic heterocycles. The molecule has 108 valence electrons. The van der Waals surface area contributed by atoms with Crippen molar-refractivity contribution in [3.8, 4) is 0 Å². The molecule has 1 N–H and O–H groups in total. The number of fused-ring (bicyclic) bond motifs is 3. The van der Waals surface area contributed by atoms with Gasteiger partial charge in [-0.3, -0.25) is 8.96 Å². The monoisotopic (exact) mass is 410 g/mol. The lowest BCUT2D eigenvalue weighted by atomic mass is 9.89. The van der Waals surface area contributed by atoms with Crippen molar-refractivity contribution in [3.05, 3.63) is 36.3 Å². The van der Waals surface area contributed by atoms with Crippen molar-refractivity contribution >= 4 is 52.3 Å². The summed E-state index contributed by atoms with van der Waals surface area (Å²) in [6.45, 7) is 2.20. The fourth-order valence-corrected chi connectivity index (χ4v) is 4.52. The SMILES string of the molecule is ISn1ccc2c3c(C4CCCNC4)ccnc3cnc21. The van der Waals surface area contributed by atoms with E-state index in [1.807, 2.05) is 12.4 Å². The molecule has 6 heteroatoms. The summed E-state index contributed by atoms with van der Waals surface area (Å²) in [5.41, 5.74) is 3.44. The minimum atomic E-state index is 0.574. The number of rotatable bonds is 2. The van der Waals surface area contributed by atoms with Crippen molar-refractivity contribution in [2.45, 2.75) is 18.8 Å². The number of halogens is 1. The summed E-state index contributed by atoms with van der Waals surface area (Å²) in [5.74, 6) is 0.574. The summed E-state index contributed by atoms with van der Waals surface area (Å²) in [5, 5.41) is 6.01. The molecule has 0 aliphatic carbocycles. The van der Waals surface area contributed by atoms with Crippen LogP contribution in [0, 0.1) is 0 Å². The lowest BCUT2D eigenvalue weighted by Crippen LogP contribution is -2.28. The Kier molecular flexibility index (Phi) is 3.76. The van der Waals surface area contributed by atoms with Gasteiger partial charge in [0.25, 0.3) is 0 Å². The van der Waals surface area contributed by atoms with E-state index in [2.05, 4.69) is 58.8 Å². The second-order valence-electron chi connectivity index (χ2n) is 5.41. The van der Waals surface area contributed by atoms with E-state index in [-0.39, 0.29) is 0 Å². The van der Waals surface area contributed by atoms with Crippen LogP contribution >= 0.6 is 30.3 Å². The van der Waals surface area contributed by atoms with E-state index >= 15 is 0 Å². The van der Waals surface area contributed by atoms with Crippen LogP contribution < -0.4 is 5.32 Å². The van der Waals surface area contributed by atoms with Gasteiger partial charge >= 0.3 is 0 Å². The molecule has 21 heavy (non-hydrogen) atoms. The Balaban J connectivity index is 1.99. The highest BCUT2D eigenvalue weighted by molar-refractivity contribution is 14.2. The van der Waals surface area contributed by atoms with Crippen molar-refractivity contribution in [2.75, 3.05) is 13.1 Å². The average Bonchev–Trinajstić information content (AvgIpc) is 2.98. The minimum Gasteiger partial charge on any atom is -0.316 e. The molecule has 3 aromatic rings. The highest BCUT2D eigenvalue weighted by Gasteiger charge is 2.20. The van der Waals surface area contributed by atoms with E-state index in [0.717, 1.165) is 24.3 Å². The number of piperidine rings is 1. The Morgan fingerprint density at radius 2 is 2.29 bits per heavy atom. The van der Waals surface area contributed by atoms with Crippen LogP contribution in [0.15, 0.2) is 30.7 Å². The number of aromatic nitrogens is 3. The molecular weight excluding hydrogens is 395 g/mol. The summed E-state index contributed by atoms with van der Waals surface area (Å²) in [7, 11) is 1.65. The van der Waals surface area contributed by atoms with Gasteiger partial charge in [0.1, 0.15) is 0 Å². The first-order chi connectivity index (χ1) is 10.4. The number of nitrogens with one attached hydrogen (secondary N) is 1. The van der Waals surface area contributed by atoms with Gasteiger partial charge in [0.2, 0.25) is 0 Å². The molecule has 0 saturated carbocycles. The number of hydrogen-bond donors (Lipinski definition) is 1. The van der Waals surface area contributed by atoms with E-state index < -0.39 is 0 Å². The highest BCUT2D eigenvalue weighted by atomic mass is 127. The Bertz CT molecular complexity index is 795. The van der Waals surface area contributed by atoms with Gasteiger partial charge in [0, 0.05) is 60.0 Å². The zero-order chi connectivity index (χ0) is 14.2. The van der Waals surface area contributed by atoms with E-state index in [1.54, 1.807) is 9.12 Å². The molecule has 0 amide bonds. The van der Waals surface area contributed by atoms with Gasteiger partial charge < -0.3 is 5.32 Å². The number of pyridine rings is 2. The smallest absolute Gasteiger partial charge is 0.151 e. The molecule has 1 aliphatic heterocycles. The normalized spacial score (nSPS) is 19.4. The van der Waals surface area contributed by atoms with Crippen molar-refractivity contribution in [3.63, 3.8) is 0 Å². The van der Waals surface area contributed by atoms with Gasteiger partial charge in [-0.2, -0.15) is 0 Å². The molecule has 4 nitrogen and oxygen atoms in total. The van der Waals surface area contributed by atoms with E-state index in [0.29, 0.717) is 5.92 Å². The Morgan fingerprint density at radius 1 is 1.33 bits per heavy atom. The van der Waals surface area contributed by atoms with Crippen molar-refractivity contribution in [2.24, 2.45) is 0 Å². The first kappa shape index (κ1) is 13.8. The average molecular weight is 410 g/mol. The zero-order valence-corrected chi connectivity index (χ0v) is 14.4. The Labute approximate surface area is 139 Å². The van der Waals surface area contributed by atoms with Crippen molar-refractivity contribution in [1.82, 2.24) is 19.3 Å². The fraction of sp³-hybridized carbons (Fsp3) is 0.333. The molecule has 0 spiro atoms. The molecule has 1 unspecified atom stereocenters. The molecule has 1 saturated heterocycles. The number of nitrogens with zero attached hydrogens (tertiary/aromatic N) is 3. The predicted molar refractivity (Wildman–Crippen MR) is 96.9 cm³/mol. The van der Waals surface area contributed by atoms with Crippen LogP contribution in [0.2, 0.25) is 0 Å².